The third-order valence-corrected chi connectivity index (χ3v) is 4.07. The molecule has 0 aliphatic heterocycles. The number of aliphatic hydroxyl groups is 1. The summed E-state index contributed by atoms with van der Waals surface area (Å²) in [5, 5.41) is 11.0. The Morgan fingerprint density at radius 1 is 1.00 bits per heavy atom. The van der Waals surface area contributed by atoms with E-state index in [1.807, 2.05) is 49.4 Å². The van der Waals surface area contributed by atoms with Crippen molar-refractivity contribution in [3.8, 4) is 0 Å². The van der Waals surface area contributed by atoms with Crippen molar-refractivity contribution in [2.24, 2.45) is 0 Å². The second-order valence-corrected chi connectivity index (χ2v) is 5.45. The van der Waals surface area contributed by atoms with Crippen molar-refractivity contribution < 1.29 is 5.11 Å². The van der Waals surface area contributed by atoms with E-state index in [0.717, 1.165) is 11.1 Å². The topological polar surface area (TPSA) is 20.2 Å². The molecule has 0 unspecified atom stereocenters. The van der Waals surface area contributed by atoms with Gasteiger partial charge in [0, 0.05) is 16.0 Å². The average molecular weight is 295 g/mol. The normalized spacial score (nSPS) is 12.4. The van der Waals surface area contributed by atoms with Crippen LogP contribution in [0.25, 0.3) is 0 Å². The first-order chi connectivity index (χ1) is 9.13. The maximum absolute atomic E-state index is 9.66. The zero-order valence-electron chi connectivity index (χ0n) is 10.7. The lowest BCUT2D eigenvalue weighted by atomic mass is 9.90. The summed E-state index contributed by atoms with van der Waals surface area (Å²) >= 11 is 12.4. The molecule has 0 saturated heterocycles. The molecule has 100 valence electrons. The fourth-order valence-corrected chi connectivity index (χ4v) is 2.84. The van der Waals surface area contributed by atoms with E-state index in [4.69, 9.17) is 23.2 Å². The van der Waals surface area contributed by atoms with E-state index in [2.05, 4.69) is 0 Å². The average Bonchev–Trinajstić information content (AvgIpc) is 2.40. The smallest absolute Gasteiger partial charge is 0.0503 e. The first-order valence-electron chi connectivity index (χ1n) is 6.22. The summed E-state index contributed by atoms with van der Waals surface area (Å²) in [5.41, 5.74) is 3.21. The molecular weight excluding hydrogens is 279 g/mol. The largest absolute Gasteiger partial charge is 0.396 e. The summed E-state index contributed by atoms with van der Waals surface area (Å²) in [6.07, 6.45) is 0.639. The van der Waals surface area contributed by atoms with Gasteiger partial charge < -0.3 is 5.11 Å². The summed E-state index contributed by atoms with van der Waals surface area (Å²) in [7, 11) is 0. The van der Waals surface area contributed by atoms with Crippen LogP contribution in [0.15, 0.2) is 42.5 Å². The molecule has 0 aromatic heterocycles. The van der Waals surface area contributed by atoms with Gasteiger partial charge in [0.15, 0.2) is 0 Å². The van der Waals surface area contributed by atoms with Crippen LogP contribution in [0, 0.1) is 6.92 Å². The highest BCUT2D eigenvalue weighted by atomic mass is 35.5. The Labute approximate surface area is 123 Å². The van der Waals surface area contributed by atoms with Crippen LogP contribution < -0.4 is 0 Å². The van der Waals surface area contributed by atoms with Crippen LogP contribution in [0.2, 0.25) is 10.0 Å². The molecule has 1 N–H and O–H groups in total. The first-order valence-corrected chi connectivity index (χ1v) is 6.98. The third kappa shape index (κ3) is 3.30. The lowest BCUT2D eigenvalue weighted by Crippen LogP contribution is -2.10. The van der Waals surface area contributed by atoms with Crippen molar-refractivity contribution in [1.29, 1.82) is 0 Å². The van der Waals surface area contributed by atoms with E-state index in [0.29, 0.717) is 16.5 Å². The van der Waals surface area contributed by atoms with Gasteiger partial charge in [0.2, 0.25) is 0 Å². The predicted molar refractivity (Wildman–Crippen MR) is 81.2 cm³/mol. The van der Waals surface area contributed by atoms with Crippen LogP contribution in [-0.4, -0.2) is 11.7 Å². The van der Waals surface area contributed by atoms with Crippen molar-refractivity contribution in [1.82, 2.24) is 0 Å². The van der Waals surface area contributed by atoms with Crippen LogP contribution in [0.1, 0.15) is 22.6 Å². The summed E-state index contributed by atoms with van der Waals surface area (Å²) in [4.78, 5) is 0. The Hall–Kier alpha value is -1.02. The third-order valence-electron chi connectivity index (χ3n) is 3.36. The molecule has 19 heavy (non-hydrogen) atoms. The van der Waals surface area contributed by atoms with Gasteiger partial charge in [-0.15, -0.1) is 0 Å². The van der Waals surface area contributed by atoms with Gasteiger partial charge in [0.1, 0.15) is 0 Å². The molecule has 0 heterocycles. The molecule has 3 heteroatoms. The summed E-state index contributed by atoms with van der Waals surface area (Å²) in [6, 6.07) is 13.6. The van der Waals surface area contributed by atoms with Crippen LogP contribution in [0.4, 0.5) is 0 Å². The van der Waals surface area contributed by atoms with E-state index in [9.17, 15) is 5.11 Å². The minimum atomic E-state index is 0.0126. The van der Waals surface area contributed by atoms with Crippen molar-refractivity contribution in [2.45, 2.75) is 19.3 Å². The van der Waals surface area contributed by atoms with Gasteiger partial charge in [-0.25, -0.2) is 0 Å². The van der Waals surface area contributed by atoms with E-state index in [1.165, 1.54) is 5.56 Å². The van der Waals surface area contributed by atoms with Gasteiger partial charge in [-0.3, -0.25) is 0 Å². The zero-order chi connectivity index (χ0) is 13.8. The molecule has 0 saturated carbocycles. The number of aryl methyl sites for hydroxylation is 1. The van der Waals surface area contributed by atoms with Crippen LogP contribution in [0.3, 0.4) is 0 Å². The maximum atomic E-state index is 9.66. The lowest BCUT2D eigenvalue weighted by Gasteiger charge is -2.18. The Kier molecular flexibility index (Phi) is 4.87. The Morgan fingerprint density at radius 3 is 2.21 bits per heavy atom. The zero-order valence-corrected chi connectivity index (χ0v) is 12.2. The standard InChI is InChI=1S/C16H16Cl2O/c1-11-5-2-3-6-13(11)12(10-19)9-14-15(17)7-4-8-16(14)18/h2-8,12,19H,9-10H2,1H3/t12-/m1/s1. The number of rotatable bonds is 4. The number of aliphatic hydroxyl groups excluding tert-OH is 1. The van der Waals surface area contributed by atoms with E-state index < -0.39 is 0 Å². The molecule has 0 aliphatic rings. The number of hydrogen-bond acceptors (Lipinski definition) is 1. The first kappa shape index (κ1) is 14.4. The van der Waals surface area contributed by atoms with Gasteiger partial charge in [0.05, 0.1) is 6.61 Å². The van der Waals surface area contributed by atoms with Gasteiger partial charge in [0.25, 0.3) is 0 Å². The number of hydrogen-bond donors (Lipinski definition) is 1. The SMILES string of the molecule is Cc1ccccc1[C@@H](CO)Cc1c(Cl)cccc1Cl. The van der Waals surface area contributed by atoms with Crippen molar-refractivity contribution in [2.75, 3.05) is 6.61 Å². The van der Waals surface area contributed by atoms with Crippen LogP contribution in [-0.2, 0) is 6.42 Å². The highest BCUT2D eigenvalue weighted by molar-refractivity contribution is 6.36. The Balaban J connectivity index is 2.32. The maximum Gasteiger partial charge on any atom is 0.0503 e. The molecule has 1 atom stereocenters. The summed E-state index contributed by atoms with van der Waals surface area (Å²) in [6.45, 7) is 2.12. The summed E-state index contributed by atoms with van der Waals surface area (Å²) in [5.74, 6) is 0.0126. The number of benzene rings is 2. The van der Waals surface area contributed by atoms with Crippen molar-refractivity contribution >= 4 is 23.2 Å². The molecule has 0 amide bonds. The lowest BCUT2D eigenvalue weighted by molar-refractivity contribution is 0.264. The highest BCUT2D eigenvalue weighted by Gasteiger charge is 2.16. The quantitative estimate of drug-likeness (QED) is 0.872. The molecule has 0 spiro atoms. The molecule has 2 rings (SSSR count). The van der Waals surface area contributed by atoms with Gasteiger partial charge >= 0.3 is 0 Å². The second kappa shape index (κ2) is 6.42. The second-order valence-electron chi connectivity index (χ2n) is 4.64. The molecule has 1 nitrogen and oxygen atoms in total. The monoisotopic (exact) mass is 294 g/mol. The van der Waals surface area contributed by atoms with Crippen LogP contribution >= 0.6 is 23.2 Å². The Morgan fingerprint density at radius 2 is 1.63 bits per heavy atom. The van der Waals surface area contributed by atoms with Crippen LogP contribution in [0.5, 0.6) is 0 Å². The predicted octanol–water partition coefficient (Wildman–Crippen LogP) is 4.62. The van der Waals surface area contributed by atoms with Crippen molar-refractivity contribution in [3.63, 3.8) is 0 Å². The van der Waals surface area contributed by atoms with Gasteiger partial charge in [-0.05, 0) is 42.2 Å². The molecule has 2 aromatic rings. The summed E-state index contributed by atoms with van der Waals surface area (Å²) < 4.78 is 0. The van der Waals surface area contributed by atoms with Crippen molar-refractivity contribution in [3.05, 3.63) is 69.2 Å². The number of halogens is 2. The minimum absolute atomic E-state index is 0.0126. The molecule has 0 radical (unpaired) electrons. The van der Waals surface area contributed by atoms with E-state index in [-0.39, 0.29) is 12.5 Å². The highest BCUT2D eigenvalue weighted by Crippen LogP contribution is 2.31. The van der Waals surface area contributed by atoms with E-state index >= 15 is 0 Å². The molecule has 2 aromatic carbocycles. The van der Waals surface area contributed by atoms with E-state index in [1.54, 1.807) is 0 Å². The molecule has 0 fully saturated rings. The fraction of sp³-hybridized carbons (Fsp3) is 0.250. The fourth-order valence-electron chi connectivity index (χ4n) is 2.29. The molecule has 0 aliphatic carbocycles. The molecular formula is C16H16Cl2O. The van der Waals surface area contributed by atoms with Gasteiger partial charge in [-0.2, -0.15) is 0 Å². The van der Waals surface area contributed by atoms with Gasteiger partial charge in [-0.1, -0.05) is 53.5 Å². The minimum Gasteiger partial charge on any atom is -0.396 e. The molecule has 0 bridgehead atoms. The Bertz CT molecular complexity index is 546.